The van der Waals surface area contributed by atoms with Gasteiger partial charge in [0.05, 0.1) is 33.0 Å². The number of aliphatic hydroxyl groups excluding tert-OH is 14. The molecule has 6 heterocycles. The van der Waals surface area contributed by atoms with Crippen LogP contribution in [0.1, 0.15) is 44.2 Å². The molecule has 6 aliphatic heterocycles. The number of esters is 1. The Labute approximate surface area is 553 Å². The fourth-order valence-electron chi connectivity index (χ4n) is 11.9. The molecule has 0 unspecified atom stereocenters. The lowest BCUT2D eigenvalue weighted by atomic mass is 9.92. The number of carbonyl (C=O) groups excluding carboxylic acids is 5. The van der Waals surface area contributed by atoms with E-state index >= 15 is 9.59 Å². The van der Waals surface area contributed by atoms with Crippen LogP contribution in [0.3, 0.4) is 0 Å². The molecule has 0 aromatic heterocycles. The quantitative estimate of drug-likeness (QED) is 0.0432. The minimum absolute atomic E-state index is 0.0802. The highest BCUT2D eigenvalue weighted by atomic mass is 16.7. The van der Waals surface area contributed by atoms with Gasteiger partial charge in [-0.05, 0) is 29.2 Å². The molecule has 538 valence electrons. The van der Waals surface area contributed by atoms with Gasteiger partial charge in [-0.25, -0.2) is 9.57 Å². The van der Waals surface area contributed by atoms with Crippen molar-refractivity contribution in [3.05, 3.63) is 65.7 Å². The minimum atomic E-state index is -2.31. The Morgan fingerprint density at radius 3 is 1.93 bits per heavy atom. The van der Waals surface area contributed by atoms with E-state index in [0.29, 0.717) is 5.56 Å². The first-order valence-electron chi connectivity index (χ1n) is 31.3. The summed E-state index contributed by atoms with van der Waals surface area (Å²) >= 11 is 0. The topological polar surface area (TPSA) is 615 Å². The number of nitrogens with one attached hydrogen (secondary N) is 8. The zero-order chi connectivity index (χ0) is 70.9. The van der Waals surface area contributed by atoms with E-state index in [1.807, 2.05) is 0 Å². The van der Waals surface area contributed by atoms with Crippen molar-refractivity contribution in [2.24, 2.45) is 22.4 Å². The third kappa shape index (κ3) is 17.6. The van der Waals surface area contributed by atoms with Crippen LogP contribution in [0.5, 0.6) is 5.75 Å². The first kappa shape index (κ1) is 75.2. The fourth-order valence-corrected chi connectivity index (χ4v) is 11.9. The highest BCUT2D eigenvalue weighted by molar-refractivity contribution is 5.97. The van der Waals surface area contributed by atoms with Crippen molar-refractivity contribution in [1.82, 2.24) is 31.9 Å². The number of ether oxygens (including phenoxy) is 6. The van der Waals surface area contributed by atoms with E-state index in [2.05, 4.69) is 46.9 Å². The Kier molecular flexibility index (Phi) is 25.8. The van der Waals surface area contributed by atoms with Gasteiger partial charge in [-0.3, -0.25) is 56.1 Å². The number of hydrogen-bond donors (Lipinski definition) is 24. The SMILES string of the molecule is CC(C)CC(=O)O[C@@H]1[C@H](O)[C@@H](O[C@H]2[C@H](O)[C@H](O)[C@@H](Oc3ccc(C[C@H]4NC(=O)[C@H]([C@@H](C)c5ccccc5)N=C([O-])C[NH+]=C(O)[C@H](CO)NC(=O)[C@@H]([C@H](O)[C@@H]5CNC(N)=[N+]5[C@H]5O[C@H](CO)[C@@H](O)[C@H](O)[C@@H]5O)NC(=O)[C@H]([C@H](O)[C@@H]5C[NH+]=C(N)N5)NC4=O)cc3)O[C@@H]2CO)O[C@H](CO)[C@H]1O. The molecule has 38 nitrogen and oxygen atoms in total. The molecule has 0 saturated carbocycles. The first-order chi connectivity index (χ1) is 46.1. The van der Waals surface area contributed by atoms with Gasteiger partial charge < -0.3 is 126 Å². The molecule has 26 N–H and O–H groups in total. The number of rotatable bonds is 20. The number of aliphatic hydroxyl groups is 14. The van der Waals surface area contributed by atoms with E-state index < -0.39 is 240 Å². The molecule has 0 spiro atoms. The van der Waals surface area contributed by atoms with E-state index in [-0.39, 0.29) is 42.1 Å². The summed E-state index contributed by atoms with van der Waals surface area (Å²) in [5.41, 5.74) is 12.9. The van der Waals surface area contributed by atoms with Crippen LogP contribution in [0.25, 0.3) is 0 Å². The Balaban J connectivity index is 1.10. The van der Waals surface area contributed by atoms with Crippen molar-refractivity contribution in [2.45, 2.75) is 186 Å². The molecule has 3 saturated heterocycles. The lowest BCUT2D eigenvalue weighted by Gasteiger charge is -2.46. The summed E-state index contributed by atoms with van der Waals surface area (Å²) in [5.74, 6) is -9.57. The molecule has 0 aliphatic carbocycles. The van der Waals surface area contributed by atoms with Gasteiger partial charge in [-0.1, -0.05) is 63.2 Å². The normalized spacial score (nSPS) is 35.9. The highest BCUT2D eigenvalue weighted by Crippen LogP contribution is 2.33. The van der Waals surface area contributed by atoms with Gasteiger partial charge in [-0.15, -0.1) is 0 Å². The van der Waals surface area contributed by atoms with Gasteiger partial charge in [0.25, 0.3) is 0 Å². The van der Waals surface area contributed by atoms with Crippen molar-refractivity contribution >= 4 is 53.3 Å². The summed E-state index contributed by atoms with van der Waals surface area (Å²) in [6, 6.07) is 0.972. The van der Waals surface area contributed by atoms with Gasteiger partial charge in [0.15, 0.2) is 25.0 Å². The van der Waals surface area contributed by atoms with Crippen LogP contribution in [0, 0.1) is 5.92 Å². The molecular weight excluding hydrogens is 1290 g/mol. The summed E-state index contributed by atoms with van der Waals surface area (Å²) in [7, 11) is 0. The predicted molar refractivity (Wildman–Crippen MR) is 324 cm³/mol. The molecule has 2 aromatic carbocycles. The monoisotopic (exact) mass is 1380 g/mol. The van der Waals surface area contributed by atoms with E-state index in [4.69, 9.17) is 39.9 Å². The van der Waals surface area contributed by atoms with Gasteiger partial charge in [0.2, 0.25) is 36.1 Å². The number of benzene rings is 2. The van der Waals surface area contributed by atoms with Gasteiger partial charge in [-0.2, -0.15) is 0 Å². The molecule has 38 heteroatoms. The van der Waals surface area contributed by atoms with E-state index in [1.54, 1.807) is 51.1 Å². The van der Waals surface area contributed by atoms with Crippen molar-refractivity contribution in [2.75, 3.05) is 46.1 Å². The summed E-state index contributed by atoms with van der Waals surface area (Å²) in [5, 5.41) is 183. The Hall–Kier alpha value is -7.61. The maximum Gasteiger partial charge on any atom is 0.358 e. The standard InChI is InChI=1S/C59H86N12O26/c1-22(2)13-35(77)96-49-42(81)32(20-74)94-57(47(49)86)97-48-33(21-75)95-56(46(85)44(48)83)92-26-11-9-24(10-12-26)14-27-51(88)69-37(39(78)28-15-63-58(60)67-28)54(91)70-38(40(79)30-16-64-59(61)71(30)55-45(84)43(82)41(80)31(19-73)93-55)53(90)66-29(18-72)50(87)62-17-34(76)68-36(52(89)65-27)23(3)25-7-5-4-6-8-25/h4-12,22-23,27-33,36-49,55-57,72-75,78-86H,13-21H2,1-3H3,(H11,60,61,62,63,64,65,66,67,68,69,70,76,87,88,89,90,91)/p+2/t23-,27+,28-,29-,30-,31+,32+,33+,36-,37-,38+,39+,40+,41+,42+,43-,44+,45-,46-,47-,48+,49-,55-,56-,57+/m0/s1. The number of nitrogens with two attached hydrogens (primary N) is 2. The van der Waals surface area contributed by atoms with Gasteiger partial charge >= 0.3 is 23.8 Å². The molecule has 8 rings (SSSR count). The number of amides is 4. The fraction of sp³-hybridized carbons (Fsp3) is 0.644. The van der Waals surface area contributed by atoms with Crippen molar-refractivity contribution in [1.29, 1.82) is 0 Å². The average molecular weight is 1380 g/mol. The van der Waals surface area contributed by atoms with Crippen LogP contribution in [0.2, 0.25) is 0 Å². The summed E-state index contributed by atoms with van der Waals surface area (Å²) < 4.78 is 35.1. The summed E-state index contributed by atoms with van der Waals surface area (Å²) in [6.07, 6.45) is -31.7. The average Bonchev–Trinajstić information content (AvgIpc) is 1.76. The number of hydrogen-bond acceptors (Lipinski definition) is 30. The number of guanidine groups is 2. The van der Waals surface area contributed by atoms with E-state index in [0.717, 1.165) is 4.58 Å². The molecule has 25 atom stereocenters. The largest absolute Gasteiger partial charge is 0.858 e. The lowest BCUT2D eigenvalue weighted by molar-refractivity contribution is -0.663. The summed E-state index contributed by atoms with van der Waals surface area (Å²) in [4.78, 5) is 81.7. The third-order valence-corrected chi connectivity index (χ3v) is 17.4. The van der Waals surface area contributed by atoms with Crippen LogP contribution in [0.4, 0.5) is 0 Å². The van der Waals surface area contributed by atoms with Crippen LogP contribution < -0.4 is 63.2 Å². The number of aliphatic imine (C=N–C) groups is 1. The molecule has 0 bridgehead atoms. The molecular formula is C59H88N12O26+2. The van der Waals surface area contributed by atoms with Gasteiger partial charge in [0, 0.05) is 24.7 Å². The summed E-state index contributed by atoms with van der Waals surface area (Å²) in [6.45, 7) is -0.245. The highest BCUT2D eigenvalue weighted by Gasteiger charge is 2.55. The Morgan fingerprint density at radius 1 is 0.680 bits per heavy atom. The molecule has 4 amide bonds. The second kappa shape index (κ2) is 33.3. The van der Waals surface area contributed by atoms with E-state index in [1.165, 1.54) is 24.3 Å². The molecule has 97 heavy (non-hydrogen) atoms. The van der Waals surface area contributed by atoms with Crippen molar-refractivity contribution in [3.8, 4) is 5.75 Å². The zero-order valence-corrected chi connectivity index (χ0v) is 52.8. The zero-order valence-electron chi connectivity index (χ0n) is 52.8. The lowest BCUT2D eigenvalue weighted by Crippen LogP contribution is -2.80. The number of nitrogens with zero attached hydrogens (tertiary/aromatic N) is 2. The predicted octanol–water partition coefficient (Wildman–Crippen LogP) is -16.1. The van der Waals surface area contributed by atoms with Crippen LogP contribution in [-0.4, -0.2) is 322 Å². The number of carbonyl (C=O) groups is 5. The smallest absolute Gasteiger partial charge is 0.358 e. The van der Waals surface area contributed by atoms with Crippen molar-refractivity contribution < 1.29 is 144 Å². The second-order valence-electron chi connectivity index (χ2n) is 24.7. The van der Waals surface area contributed by atoms with Gasteiger partial charge in [0.1, 0.15) is 128 Å². The minimum Gasteiger partial charge on any atom is -0.858 e. The molecule has 3 fully saturated rings. The third-order valence-electron chi connectivity index (χ3n) is 17.4. The maximum absolute atomic E-state index is 15.2. The maximum atomic E-state index is 15.2. The molecule has 0 radical (unpaired) electrons. The van der Waals surface area contributed by atoms with Crippen LogP contribution >= 0.6 is 0 Å². The molecule has 2 aromatic rings. The van der Waals surface area contributed by atoms with Crippen LogP contribution in [-0.2, 0) is 54.1 Å². The first-order valence-corrected chi connectivity index (χ1v) is 31.3. The van der Waals surface area contributed by atoms with E-state index in [9.17, 15) is 91.0 Å². The van der Waals surface area contributed by atoms with Crippen molar-refractivity contribution in [3.63, 3.8) is 0 Å². The van der Waals surface area contributed by atoms with Crippen LogP contribution in [0.15, 0.2) is 59.6 Å². The molecule has 6 aliphatic rings. The Morgan fingerprint density at radius 2 is 1.30 bits per heavy atom. The Bertz CT molecular complexity index is 3150. The second-order valence-corrected chi connectivity index (χ2v) is 24.7.